The van der Waals surface area contributed by atoms with E-state index < -0.39 is 22.2 Å². The van der Waals surface area contributed by atoms with Crippen LogP contribution >= 0.6 is 24.0 Å². The summed E-state index contributed by atoms with van der Waals surface area (Å²) in [5, 5.41) is 13.4. The van der Waals surface area contributed by atoms with Gasteiger partial charge in [-0.05, 0) is 192 Å². The molecule has 0 amide bonds. The average Bonchev–Trinajstić information content (AvgIpc) is 4.09. The van der Waals surface area contributed by atoms with Crippen LogP contribution in [0.4, 0.5) is 22.0 Å². The van der Waals surface area contributed by atoms with Crippen molar-refractivity contribution in [3.63, 3.8) is 0 Å². The van der Waals surface area contributed by atoms with E-state index >= 15 is 8.78 Å². The third kappa shape index (κ3) is 9.13. The first-order chi connectivity index (χ1) is 34.0. The molecule has 0 aliphatic heterocycles. The van der Waals surface area contributed by atoms with E-state index in [0.717, 1.165) is 82.1 Å². The van der Waals surface area contributed by atoms with Crippen LogP contribution < -0.4 is 0 Å². The normalized spacial score (nSPS) is 26.8. The average molecular weight is 1110 g/mol. The minimum atomic E-state index is -1.83. The van der Waals surface area contributed by atoms with Crippen LogP contribution in [0.5, 0.6) is 0 Å². The van der Waals surface area contributed by atoms with Gasteiger partial charge in [-0.2, -0.15) is 15.3 Å². The van der Waals surface area contributed by atoms with Gasteiger partial charge >= 0.3 is 0 Å². The third-order valence-electron chi connectivity index (χ3n) is 16.7. The summed E-state index contributed by atoms with van der Waals surface area (Å²) in [5.41, 5.74) is 8.33. The summed E-state index contributed by atoms with van der Waals surface area (Å²) >= 11 is 0. The van der Waals surface area contributed by atoms with E-state index in [1.165, 1.54) is 60.4 Å². The summed E-state index contributed by atoms with van der Waals surface area (Å²) < 4.78 is 75.3. The molecule has 5 atom stereocenters. The van der Waals surface area contributed by atoms with Gasteiger partial charge in [-0.25, -0.2) is 36.0 Å². The molecule has 0 saturated heterocycles. The number of carbonyl (C=O) groups is 2. The maximum absolute atomic E-state index is 15.2. The molecule has 73 heavy (non-hydrogen) atoms. The Morgan fingerprint density at radius 2 is 0.849 bits per heavy atom. The number of hydrogen-bond acceptors (Lipinski definition) is 5. The highest BCUT2D eigenvalue weighted by Gasteiger charge is 2.56. The summed E-state index contributed by atoms with van der Waals surface area (Å²) in [5.74, 6) is -0.817. The van der Waals surface area contributed by atoms with Crippen LogP contribution in [-0.4, -0.2) is 53.3 Å². The van der Waals surface area contributed by atoms with Crippen molar-refractivity contribution in [1.29, 1.82) is 0 Å². The van der Waals surface area contributed by atoms with E-state index in [-0.39, 0.29) is 67.1 Å². The number of rotatable bonds is 5. The summed E-state index contributed by atoms with van der Waals surface area (Å²) in [7, 11) is 0. The Bertz CT molecular complexity index is 3030. The zero-order chi connectivity index (χ0) is 49.9. The molecule has 0 radical (unpaired) electrons. The lowest BCUT2D eigenvalue weighted by molar-refractivity contribution is -0.127. The van der Waals surface area contributed by atoms with Crippen LogP contribution in [0.3, 0.4) is 0 Å². The predicted octanol–water partition coefficient (Wildman–Crippen LogP) is 14.4. The topological polar surface area (TPSA) is 87.6 Å². The number of carbonyl (C=O) groups excluding carboxylic acids is 2. The van der Waals surface area contributed by atoms with E-state index in [9.17, 15) is 22.8 Å². The number of alkyl halides is 2. The first-order valence-corrected chi connectivity index (χ1v) is 24.6. The number of benzene rings is 3. The van der Waals surface area contributed by atoms with Crippen LogP contribution in [0.25, 0.3) is 35.3 Å². The number of aromatic nitrogens is 6. The molecule has 3 saturated carbocycles. The fraction of sp³-hybridized carbons (Fsp3) is 0.373. The second-order valence-corrected chi connectivity index (χ2v) is 20.7. The van der Waals surface area contributed by atoms with Gasteiger partial charge < -0.3 is 0 Å². The van der Waals surface area contributed by atoms with Crippen LogP contribution in [0.2, 0.25) is 0 Å². The molecule has 14 heteroatoms. The molecule has 3 fully saturated rings. The molecule has 6 aliphatic rings. The van der Waals surface area contributed by atoms with E-state index in [1.807, 2.05) is 36.9 Å². The highest BCUT2D eigenvalue weighted by atomic mass is 127. The lowest BCUT2D eigenvalue weighted by Crippen LogP contribution is -2.50. The minimum absolute atomic E-state index is 0. The first-order valence-electron chi connectivity index (χ1n) is 24.6. The van der Waals surface area contributed by atoms with Crippen molar-refractivity contribution in [1.82, 2.24) is 29.3 Å². The molecule has 12 rings (SSSR count). The van der Waals surface area contributed by atoms with Crippen LogP contribution in [0.15, 0.2) is 120 Å². The Morgan fingerprint density at radius 3 is 1.21 bits per heavy atom. The van der Waals surface area contributed by atoms with Gasteiger partial charge in [0.15, 0.2) is 23.9 Å². The van der Waals surface area contributed by atoms with Crippen molar-refractivity contribution in [2.75, 3.05) is 0 Å². The fourth-order valence-corrected chi connectivity index (χ4v) is 12.3. The van der Waals surface area contributed by atoms with Crippen molar-refractivity contribution in [2.24, 2.45) is 16.2 Å². The predicted molar refractivity (Wildman–Crippen MR) is 287 cm³/mol. The fourth-order valence-electron chi connectivity index (χ4n) is 12.3. The van der Waals surface area contributed by atoms with Crippen molar-refractivity contribution < 1.29 is 31.5 Å². The van der Waals surface area contributed by atoms with Crippen molar-refractivity contribution in [2.45, 2.75) is 124 Å². The Balaban J connectivity index is 0.000000144. The molecule has 0 bridgehead atoms. The van der Waals surface area contributed by atoms with E-state index in [4.69, 9.17) is 0 Å². The largest absolute Gasteiger partial charge is 0.300 e. The van der Waals surface area contributed by atoms with Crippen LogP contribution in [-0.2, 0) is 28.9 Å². The van der Waals surface area contributed by atoms with Gasteiger partial charge in [-0.15, -0.1) is 24.0 Å². The van der Waals surface area contributed by atoms with Gasteiger partial charge in [0, 0.05) is 16.2 Å². The lowest BCUT2D eigenvalue weighted by Gasteiger charge is -2.47. The zero-order valence-electron chi connectivity index (χ0n) is 40.9. The highest BCUT2D eigenvalue weighted by Crippen LogP contribution is 2.56. The minimum Gasteiger partial charge on any atom is -0.300 e. The number of aldehydes is 2. The Labute approximate surface area is 441 Å². The lowest BCUT2D eigenvalue weighted by atomic mass is 9.58. The SMILES string of the molecule is C.C/C=C1\CCCC2=Cc3c(cnn3-c3ccc(F)cc3)C[C@@]21C.C[C@]12Cc3cnn(-c4ccc(F)cc4)c3C=C1CCC[C@@]2(F)C=O.C[C@]12Cc3cnn(-c4ccc(F)cc4)c3C=C1CCC[C@]2(F)C=O.I. The second-order valence-electron chi connectivity index (χ2n) is 20.7. The Morgan fingerprint density at radius 1 is 0.507 bits per heavy atom. The molecular formula is C59H62F5IN6O2. The van der Waals surface area contributed by atoms with Crippen LogP contribution in [0.1, 0.15) is 127 Å². The van der Waals surface area contributed by atoms with E-state index in [2.05, 4.69) is 41.3 Å². The second kappa shape index (κ2) is 20.4. The van der Waals surface area contributed by atoms with Crippen molar-refractivity contribution in [3.8, 4) is 17.1 Å². The van der Waals surface area contributed by atoms with Gasteiger partial charge in [0.05, 0.1) is 52.7 Å². The summed E-state index contributed by atoms with van der Waals surface area (Å²) in [6, 6.07) is 18.8. The van der Waals surface area contributed by atoms with Gasteiger partial charge in [-0.1, -0.05) is 56.6 Å². The van der Waals surface area contributed by atoms with E-state index in [1.54, 1.807) is 63.7 Å². The molecular weight excluding hydrogens is 1050 g/mol. The van der Waals surface area contributed by atoms with E-state index in [0.29, 0.717) is 38.3 Å². The molecule has 3 heterocycles. The molecule has 0 N–H and O–H groups in total. The highest BCUT2D eigenvalue weighted by molar-refractivity contribution is 14.0. The maximum Gasteiger partial charge on any atom is 0.175 e. The third-order valence-corrected chi connectivity index (χ3v) is 16.7. The molecule has 0 spiro atoms. The molecule has 3 aromatic heterocycles. The number of nitrogens with zero attached hydrogens (tertiary/aromatic N) is 6. The maximum atomic E-state index is 15.2. The standard InChI is InChI=1S/C20H21FN2.2C19H18F2N2O.CH4.HI/c1-3-15-5-4-6-16-11-19-14(12-20(15,16)2)13-22-23(19)18-9-7-17(21)8-10-18;2*1-18-10-13-11-22-23(16-6-4-15(20)5-7-16)17(13)9-14(18)3-2-8-19(18,21)12-24;;/h3,7-11,13H,4-6,12H2,1-2H3;2*4-7,9,11-12H,2-3,8,10H2,1H3;1H4;1H/b15-3+;;;;/t20-;18-,19+;18-,19-;;/m100../s1. The molecule has 382 valence electrons. The Hall–Kier alpha value is -6.03. The molecule has 6 aliphatic carbocycles. The van der Waals surface area contributed by atoms with Crippen molar-refractivity contribution in [3.05, 3.63) is 171 Å². The first kappa shape index (κ1) is 53.3. The number of fused-ring (bicyclic) bond motifs is 6. The number of halogens is 6. The summed E-state index contributed by atoms with van der Waals surface area (Å²) in [4.78, 5) is 22.9. The summed E-state index contributed by atoms with van der Waals surface area (Å²) in [6.45, 7) is 8.20. The molecule has 3 aromatic carbocycles. The number of hydrogen-bond donors (Lipinski definition) is 0. The Kier molecular flexibility index (Phi) is 14.9. The zero-order valence-corrected chi connectivity index (χ0v) is 43.2. The van der Waals surface area contributed by atoms with Crippen molar-refractivity contribution >= 4 is 54.8 Å². The monoisotopic (exact) mass is 1110 g/mol. The van der Waals surface area contributed by atoms with Gasteiger partial charge in [0.2, 0.25) is 0 Å². The summed E-state index contributed by atoms with van der Waals surface area (Å²) in [6.07, 6.45) is 23.8. The quantitative estimate of drug-likeness (QED) is 0.0743. The smallest absolute Gasteiger partial charge is 0.175 e. The number of allylic oxidation sites excluding steroid dienone is 5. The van der Waals surface area contributed by atoms with Gasteiger partial charge in [-0.3, -0.25) is 9.59 Å². The van der Waals surface area contributed by atoms with Gasteiger partial charge in [0.25, 0.3) is 0 Å². The molecule has 8 nitrogen and oxygen atoms in total. The molecule has 6 aromatic rings. The van der Waals surface area contributed by atoms with Crippen LogP contribution in [0, 0.1) is 33.7 Å². The molecule has 0 unspecified atom stereocenters. The van der Waals surface area contributed by atoms with Gasteiger partial charge in [0.1, 0.15) is 17.5 Å².